The van der Waals surface area contributed by atoms with E-state index in [9.17, 15) is 5.11 Å². The first kappa shape index (κ1) is 23.4. The molecule has 0 saturated carbocycles. The van der Waals surface area contributed by atoms with Crippen LogP contribution in [-0.4, -0.2) is 18.8 Å². The second-order valence-corrected chi connectivity index (χ2v) is 8.88. The van der Waals surface area contributed by atoms with Crippen molar-refractivity contribution >= 4 is 34.3 Å². The number of benzene rings is 2. The van der Waals surface area contributed by atoms with Crippen molar-refractivity contribution < 1.29 is 14.6 Å². The number of rotatable bonds is 9. The maximum absolute atomic E-state index is 11.0. The maximum atomic E-state index is 11.0. The van der Waals surface area contributed by atoms with Crippen molar-refractivity contribution in [3.8, 4) is 5.75 Å². The van der Waals surface area contributed by atoms with Crippen LogP contribution in [-0.2, 0) is 18.0 Å². The third kappa shape index (κ3) is 5.31. The molecule has 1 unspecified atom stereocenters. The molecule has 0 amide bonds. The number of thiophene rings is 1. The van der Waals surface area contributed by atoms with Crippen molar-refractivity contribution in [2.45, 2.75) is 33.2 Å². The highest BCUT2D eigenvalue weighted by atomic mass is 35.5. The summed E-state index contributed by atoms with van der Waals surface area (Å²) in [5, 5.41) is 12.6. The fourth-order valence-electron chi connectivity index (χ4n) is 3.26. The molecule has 1 heterocycles. The third-order valence-electron chi connectivity index (χ3n) is 5.21. The zero-order chi connectivity index (χ0) is 22.5. The van der Waals surface area contributed by atoms with Crippen LogP contribution in [0.25, 0.3) is 0 Å². The highest BCUT2D eigenvalue weighted by molar-refractivity contribution is 7.16. The molecule has 3 aromatic rings. The zero-order valence-electron chi connectivity index (χ0n) is 17.9. The molecule has 6 nitrogen and oxygen atoms in total. The summed E-state index contributed by atoms with van der Waals surface area (Å²) >= 11 is 7.76. The number of aliphatic hydroxyl groups is 1. The minimum absolute atomic E-state index is 0.354. The first-order valence-corrected chi connectivity index (χ1v) is 11.1. The van der Waals surface area contributed by atoms with E-state index in [0.29, 0.717) is 29.8 Å². The number of anilines is 2. The molecular formula is C23H28ClN3O3S. The van der Waals surface area contributed by atoms with Gasteiger partial charge in [-0.3, -0.25) is 0 Å². The highest BCUT2D eigenvalue weighted by Crippen LogP contribution is 2.38. The van der Waals surface area contributed by atoms with Crippen molar-refractivity contribution in [3.63, 3.8) is 0 Å². The lowest BCUT2D eigenvalue weighted by molar-refractivity contribution is 0.107. The molecule has 31 heavy (non-hydrogen) atoms. The van der Waals surface area contributed by atoms with Gasteiger partial charge >= 0.3 is 0 Å². The van der Waals surface area contributed by atoms with E-state index in [4.69, 9.17) is 32.7 Å². The molecule has 0 aliphatic rings. The van der Waals surface area contributed by atoms with Gasteiger partial charge < -0.3 is 25.3 Å². The molecule has 0 radical (unpaired) electrons. The van der Waals surface area contributed by atoms with Crippen LogP contribution in [0.15, 0.2) is 42.5 Å². The minimum Gasteiger partial charge on any atom is -0.497 e. The lowest BCUT2D eigenvalue weighted by atomic mass is 9.99. The second kappa shape index (κ2) is 10.3. The molecule has 0 bridgehead atoms. The monoisotopic (exact) mass is 461 g/mol. The Morgan fingerprint density at radius 3 is 2.52 bits per heavy atom. The van der Waals surface area contributed by atoms with Gasteiger partial charge in [0.1, 0.15) is 11.9 Å². The van der Waals surface area contributed by atoms with Gasteiger partial charge in [-0.1, -0.05) is 29.8 Å². The Morgan fingerprint density at radius 1 is 1.16 bits per heavy atom. The summed E-state index contributed by atoms with van der Waals surface area (Å²) in [6.45, 7) is 5.27. The number of halogens is 1. The second-order valence-electron chi connectivity index (χ2n) is 7.19. The van der Waals surface area contributed by atoms with Gasteiger partial charge in [-0.15, -0.1) is 11.3 Å². The van der Waals surface area contributed by atoms with Crippen molar-refractivity contribution in [1.82, 2.24) is 0 Å². The van der Waals surface area contributed by atoms with Gasteiger partial charge in [-0.2, -0.15) is 0 Å². The van der Waals surface area contributed by atoms with Crippen LogP contribution in [0, 0.1) is 6.92 Å². The maximum Gasteiger partial charge on any atom is 0.118 e. The van der Waals surface area contributed by atoms with E-state index in [1.807, 2.05) is 56.3 Å². The van der Waals surface area contributed by atoms with Crippen LogP contribution in [0.1, 0.15) is 40.2 Å². The summed E-state index contributed by atoms with van der Waals surface area (Å²) in [4.78, 5) is 0.739. The van der Waals surface area contributed by atoms with Crippen molar-refractivity contribution in [1.29, 1.82) is 0 Å². The summed E-state index contributed by atoms with van der Waals surface area (Å²) in [5.41, 5.74) is 11.0. The molecule has 3 rings (SSSR count). The average Bonchev–Trinajstić information content (AvgIpc) is 3.15. The van der Waals surface area contributed by atoms with E-state index < -0.39 is 6.10 Å². The van der Waals surface area contributed by atoms with Gasteiger partial charge in [0, 0.05) is 17.0 Å². The Labute approximate surface area is 191 Å². The Kier molecular flexibility index (Phi) is 7.80. The van der Waals surface area contributed by atoms with E-state index in [2.05, 4.69) is 0 Å². The molecule has 1 atom stereocenters. The number of methoxy groups -OCH3 is 1. The molecular weight excluding hydrogens is 434 g/mol. The lowest BCUT2D eigenvalue weighted by Crippen LogP contribution is -2.31. The van der Waals surface area contributed by atoms with Crippen LogP contribution in [0.4, 0.5) is 11.4 Å². The number of nitrogens with two attached hydrogens (primary N) is 2. The van der Waals surface area contributed by atoms with E-state index in [0.717, 1.165) is 38.6 Å². The van der Waals surface area contributed by atoms with Crippen LogP contribution in [0.5, 0.6) is 5.75 Å². The van der Waals surface area contributed by atoms with Gasteiger partial charge in [0.2, 0.25) is 0 Å². The highest BCUT2D eigenvalue weighted by Gasteiger charge is 2.20. The van der Waals surface area contributed by atoms with Crippen LogP contribution in [0.2, 0.25) is 4.34 Å². The first-order valence-electron chi connectivity index (χ1n) is 9.93. The fourth-order valence-corrected chi connectivity index (χ4v) is 4.53. The normalized spacial score (nSPS) is 12.1. The van der Waals surface area contributed by atoms with Gasteiger partial charge in [0.05, 0.1) is 36.0 Å². The molecule has 0 saturated heterocycles. The number of ether oxygens (including phenoxy) is 2. The van der Waals surface area contributed by atoms with Gasteiger partial charge in [0.25, 0.3) is 0 Å². The predicted octanol–water partition coefficient (Wildman–Crippen LogP) is 4.80. The third-order valence-corrected chi connectivity index (χ3v) is 6.70. The molecule has 166 valence electrons. The van der Waals surface area contributed by atoms with E-state index in [1.54, 1.807) is 12.1 Å². The molecule has 1 aromatic heterocycles. The SMILES string of the molecule is CCN(N)c1ccc(C(O)c2cc(COCc3ccc(OC)cc3)c(Cl)s2)c(C)c1N. The van der Waals surface area contributed by atoms with Gasteiger partial charge in [0.15, 0.2) is 0 Å². The average molecular weight is 462 g/mol. The lowest BCUT2D eigenvalue weighted by Gasteiger charge is -2.22. The van der Waals surface area contributed by atoms with Gasteiger partial charge in [-0.05, 0) is 54.8 Å². The summed E-state index contributed by atoms with van der Waals surface area (Å²) in [6.07, 6.45) is -0.831. The fraction of sp³-hybridized carbons (Fsp3) is 0.304. The van der Waals surface area contributed by atoms with Crippen LogP contribution < -0.4 is 21.3 Å². The quantitative estimate of drug-likeness (QED) is 0.241. The smallest absolute Gasteiger partial charge is 0.118 e. The predicted molar refractivity (Wildman–Crippen MR) is 128 cm³/mol. The number of hydrogen-bond donors (Lipinski definition) is 3. The zero-order valence-corrected chi connectivity index (χ0v) is 19.5. The molecule has 0 fully saturated rings. The number of aliphatic hydroxyl groups excluding tert-OH is 1. The molecule has 8 heteroatoms. The number of nitrogen functional groups attached to an aromatic ring is 1. The van der Waals surface area contributed by atoms with Crippen molar-refractivity contribution in [3.05, 3.63) is 73.9 Å². The molecule has 2 aromatic carbocycles. The minimum atomic E-state index is -0.831. The molecule has 0 aliphatic heterocycles. The molecule has 0 aliphatic carbocycles. The topological polar surface area (TPSA) is 94.0 Å². The first-order chi connectivity index (χ1) is 14.8. The Balaban J connectivity index is 1.70. The van der Waals surface area contributed by atoms with E-state index >= 15 is 0 Å². The largest absolute Gasteiger partial charge is 0.497 e. The van der Waals surface area contributed by atoms with Crippen LogP contribution >= 0.6 is 22.9 Å². The van der Waals surface area contributed by atoms with E-state index in [-0.39, 0.29) is 0 Å². The van der Waals surface area contributed by atoms with Crippen molar-refractivity contribution in [2.75, 3.05) is 24.4 Å². The summed E-state index contributed by atoms with van der Waals surface area (Å²) < 4.78 is 11.6. The molecule has 5 N–H and O–H groups in total. The standard InChI is InChI=1S/C23H28ClN3O3S/c1-4-27(26)19-10-9-18(14(2)21(19)25)22(28)20-11-16(23(24)31-20)13-30-12-15-5-7-17(29-3)8-6-15/h5-11,22,28H,4,12-13,25-26H2,1-3H3. The Hall–Kier alpha value is -2.29. The number of hydrazine groups is 1. The Bertz CT molecular complexity index is 1020. The number of hydrogen-bond acceptors (Lipinski definition) is 7. The molecule has 0 spiro atoms. The van der Waals surface area contributed by atoms with Gasteiger partial charge in [-0.25, -0.2) is 5.84 Å². The van der Waals surface area contributed by atoms with Crippen molar-refractivity contribution in [2.24, 2.45) is 5.84 Å². The summed E-state index contributed by atoms with van der Waals surface area (Å²) in [6, 6.07) is 13.3. The number of nitrogens with zero attached hydrogens (tertiary/aromatic N) is 1. The Morgan fingerprint density at radius 2 is 1.87 bits per heavy atom. The summed E-state index contributed by atoms with van der Waals surface area (Å²) in [5.74, 6) is 6.79. The van der Waals surface area contributed by atoms with Crippen LogP contribution in [0.3, 0.4) is 0 Å². The summed E-state index contributed by atoms with van der Waals surface area (Å²) in [7, 11) is 1.64. The van der Waals surface area contributed by atoms with E-state index in [1.165, 1.54) is 11.3 Å².